The molecule has 0 nitrogen and oxygen atoms in total. The normalized spacial score (nSPS) is 12.4. The van der Waals surface area contributed by atoms with Crippen molar-refractivity contribution in [2.75, 3.05) is 0 Å². The van der Waals surface area contributed by atoms with Gasteiger partial charge in [0.2, 0.25) is 0 Å². The van der Waals surface area contributed by atoms with E-state index in [0.29, 0.717) is 0 Å². The van der Waals surface area contributed by atoms with Gasteiger partial charge in [0.05, 0.1) is 0 Å². The van der Waals surface area contributed by atoms with E-state index in [0.717, 1.165) is 5.39 Å². The minimum Gasteiger partial charge on any atom is -0.0538 e. The van der Waals surface area contributed by atoms with Crippen LogP contribution in [-0.2, 0) is 0 Å². The molecule has 0 aliphatic carbocycles. The van der Waals surface area contributed by atoms with Gasteiger partial charge in [0.15, 0.2) is 0 Å². The molecule has 0 saturated heterocycles. The summed E-state index contributed by atoms with van der Waals surface area (Å²) < 4.78 is 0. The van der Waals surface area contributed by atoms with E-state index in [1.165, 1.54) is 38.1 Å². The van der Waals surface area contributed by atoms with E-state index in [4.69, 9.17) is 0 Å². The molecule has 18 heavy (non-hydrogen) atoms. The van der Waals surface area contributed by atoms with Crippen LogP contribution < -0.4 is 0 Å². The molecule has 6 rings (SSSR count). The molecule has 0 aliphatic rings. The lowest BCUT2D eigenvalue weighted by atomic mass is 9.85. The van der Waals surface area contributed by atoms with Crippen molar-refractivity contribution in [3.63, 3.8) is 0 Å². The third-order valence-electron chi connectivity index (χ3n) is 3.81. The molecular formula is C18H7. The van der Waals surface area contributed by atoms with Crippen molar-refractivity contribution in [1.29, 1.82) is 0 Å². The maximum Gasteiger partial charge on any atom is -0.0000914 e. The Kier molecular flexibility index (Phi) is 1.32. The van der Waals surface area contributed by atoms with Gasteiger partial charge in [0.1, 0.15) is 0 Å². The highest BCUT2D eigenvalue weighted by Crippen LogP contribution is 2.42. The standard InChI is InChI=1S/C18H7/c1-2-4-11(5-3-1)18-16-9-13-10-17(18)15-7-12(13)6-14(16)8-15/h2-8H. The van der Waals surface area contributed by atoms with Crippen LogP contribution in [0.4, 0.5) is 0 Å². The molecule has 0 heteroatoms. The van der Waals surface area contributed by atoms with E-state index in [-0.39, 0.29) is 0 Å². The van der Waals surface area contributed by atoms with Crippen LogP contribution in [0.15, 0.2) is 42.5 Å². The highest BCUT2D eigenvalue weighted by atomic mass is 14.2. The van der Waals surface area contributed by atoms with Crippen LogP contribution >= 0.6 is 0 Å². The molecule has 0 atom stereocenters. The lowest BCUT2D eigenvalue weighted by Gasteiger charge is -2.18. The van der Waals surface area contributed by atoms with Crippen molar-refractivity contribution in [2.45, 2.75) is 0 Å². The summed E-state index contributed by atoms with van der Waals surface area (Å²) in [4.78, 5) is 0. The number of hydrogen-bond acceptors (Lipinski definition) is 0. The third kappa shape index (κ3) is 0.888. The van der Waals surface area contributed by atoms with Crippen LogP contribution in [-0.4, -0.2) is 0 Å². The summed E-state index contributed by atoms with van der Waals surface area (Å²) in [6.45, 7) is 0. The first-order chi connectivity index (χ1) is 8.90. The number of hydrogen-bond donors (Lipinski definition) is 0. The predicted molar refractivity (Wildman–Crippen MR) is 74.5 cm³/mol. The first-order valence-corrected chi connectivity index (χ1v) is 6.05. The Morgan fingerprint density at radius 1 is 0.722 bits per heavy atom. The molecular weight excluding hydrogens is 216 g/mol. The zero-order chi connectivity index (χ0) is 11.7. The van der Waals surface area contributed by atoms with Gasteiger partial charge in [-0.05, 0) is 79.8 Å². The molecule has 0 unspecified atom stereocenters. The van der Waals surface area contributed by atoms with Gasteiger partial charge in [-0.3, -0.25) is 0 Å². The molecule has 6 bridgehead atoms. The second-order valence-corrected chi connectivity index (χ2v) is 4.84. The topological polar surface area (TPSA) is 0 Å². The lowest BCUT2D eigenvalue weighted by Crippen LogP contribution is -1.92. The van der Waals surface area contributed by atoms with Gasteiger partial charge in [-0.15, -0.1) is 0 Å². The van der Waals surface area contributed by atoms with E-state index in [9.17, 15) is 0 Å². The molecule has 0 heterocycles. The Bertz CT molecular complexity index is 884. The van der Waals surface area contributed by atoms with E-state index in [1.54, 1.807) is 0 Å². The van der Waals surface area contributed by atoms with Gasteiger partial charge >= 0.3 is 0 Å². The quantitative estimate of drug-likeness (QED) is 0.391. The molecule has 0 aliphatic heterocycles. The molecule has 3 radical (unpaired) electrons. The average Bonchev–Trinajstić information content (AvgIpc) is 2.44. The van der Waals surface area contributed by atoms with Gasteiger partial charge < -0.3 is 0 Å². The van der Waals surface area contributed by atoms with Crippen LogP contribution in [0.3, 0.4) is 0 Å². The van der Waals surface area contributed by atoms with Gasteiger partial charge in [0.25, 0.3) is 0 Å². The monoisotopic (exact) mass is 223 g/mol. The molecule has 0 saturated carbocycles. The maximum atomic E-state index is 3.49. The van der Waals surface area contributed by atoms with Crippen molar-refractivity contribution in [1.82, 2.24) is 0 Å². The molecule has 6 aromatic rings. The second kappa shape index (κ2) is 2.73. The first-order valence-electron chi connectivity index (χ1n) is 6.05. The average molecular weight is 223 g/mol. The smallest absolute Gasteiger partial charge is 0.0000914 e. The first kappa shape index (κ1) is 8.71. The fourth-order valence-electron chi connectivity index (χ4n) is 3.01. The summed E-state index contributed by atoms with van der Waals surface area (Å²) in [5.74, 6) is 0. The molecule has 0 aromatic heterocycles. The summed E-state index contributed by atoms with van der Waals surface area (Å²) in [6, 6.07) is 24.9. The SMILES string of the molecule is [c]1ccc(-c2c3[c]c4[c]c2c2cc4cc3c2)cc1. The highest BCUT2D eigenvalue weighted by Gasteiger charge is 2.16. The zero-order valence-electron chi connectivity index (χ0n) is 9.54. The lowest BCUT2D eigenvalue weighted by molar-refractivity contribution is 1.66. The Balaban J connectivity index is 2.09. The molecule has 0 N–H and O–H groups in total. The maximum absolute atomic E-state index is 3.49. The van der Waals surface area contributed by atoms with Gasteiger partial charge in [-0.25, -0.2) is 0 Å². The van der Waals surface area contributed by atoms with Gasteiger partial charge in [-0.2, -0.15) is 0 Å². The van der Waals surface area contributed by atoms with Crippen molar-refractivity contribution in [2.24, 2.45) is 0 Å². The summed E-state index contributed by atoms with van der Waals surface area (Å²) in [7, 11) is 0. The van der Waals surface area contributed by atoms with Crippen LogP contribution in [0.1, 0.15) is 0 Å². The molecule has 0 spiro atoms. The van der Waals surface area contributed by atoms with Crippen molar-refractivity contribution >= 4 is 32.3 Å². The van der Waals surface area contributed by atoms with Gasteiger partial charge in [0, 0.05) is 0 Å². The highest BCUT2D eigenvalue weighted by molar-refractivity contribution is 6.21. The Morgan fingerprint density at radius 3 is 2.00 bits per heavy atom. The van der Waals surface area contributed by atoms with E-state index in [2.05, 4.69) is 48.5 Å². The molecule has 6 aromatic carbocycles. The molecule has 0 fully saturated rings. The summed E-state index contributed by atoms with van der Waals surface area (Å²) >= 11 is 0. The fourth-order valence-corrected chi connectivity index (χ4v) is 3.01. The summed E-state index contributed by atoms with van der Waals surface area (Å²) in [6.07, 6.45) is 0. The minimum atomic E-state index is 1.12. The number of benzene rings is 6. The fraction of sp³-hybridized carbons (Fsp3) is 0. The predicted octanol–water partition coefficient (Wildman–Crippen LogP) is 4.53. The van der Waals surface area contributed by atoms with Crippen LogP contribution in [0, 0.1) is 18.2 Å². The summed E-state index contributed by atoms with van der Waals surface area (Å²) in [5.41, 5.74) is 2.50. The minimum absolute atomic E-state index is 1.12. The van der Waals surface area contributed by atoms with Crippen LogP contribution in [0.5, 0.6) is 0 Å². The number of rotatable bonds is 1. The van der Waals surface area contributed by atoms with Crippen LogP contribution in [0.25, 0.3) is 43.4 Å². The summed E-state index contributed by atoms with van der Waals surface area (Å²) in [5, 5.41) is 7.41. The second-order valence-electron chi connectivity index (χ2n) is 4.84. The van der Waals surface area contributed by atoms with Crippen molar-refractivity contribution in [3.8, 4) is 11.1 Å². The van der Waals surface area contributed by atoms with Crippen LogP contribution in [0.2, 0.25) is 0 Å². The van der Waals surface area contributed by atoms with E-state index >= 15 is 0 Å². The zero-order valence-corrected chi connectivity index (χ0v) is 9.54. The van der Waals surface area contributed by atoms with Crippen molar-refractivity contribution < 1.29 is 0 Å². The molecule has 0 amide bonds. The van der Waals surface area contributed by atoms with E-state index < -0.39 is 0 Å². The molecule has 79 valence electrons. The largest absolute Gasteiger partial charge is 0.0538 e. The third-order valence-corrected chi connectivity index (χ3v) is 3.81. The Hall–Kier alpha value is -2.34. The van der Waals surface area contributed by atoms with E-state index in [1.807, 2.05) is 12.1 Å². The van der Waals surface area contributed by atoms with Crippen molar-refractivity contribution in [3.05, 3.63) is 60.7 Å². The Labute approximate surface area is 104 Å². The Morgan fingerprint density at radius 2 is 1.33 bits per heavy atom. The van der Waals surface area contributed by atoms with Gasteiger partial charge in [-0.1, -0.05) is 24.3 Å².